The van der Waals surface area contributed by atoms with Crippen molar-refractivity contribution in [2.24, 2.45) is 0 Å². The Labute approximate surface area is 220 Å². The van der Waals surface area contributed by atoms with E-state index in [0.717, 1.165) is 12.1 Å². The number of alkyl halides is 3. The normalized spacial score (nSPS) is 21.6. The second-order valence-electron chi connectivity index (χ2n) is 9.50. The summed E-state index contributed by atoms with van der Waals surface area (Å²) in [6.07, 6.45) is -3.18. The molecule has 1 atom stereocenters. The summed E-state index contributed by atoms with van der Waals surface area (Å²) >= 11 is 0. The van der Waals surface area contributed by atoms with Crippen LogP contribution >= 0.6 is 0 Å². The van der Waals surface area contributed by atoms with Crippen molar-refractivity contribution in [2.75, 3.05) is 5.32 Å². The minimum Gasteiger partial charge on any atom is -0.406 e. The molecule has 2 fully saturated rings. The molecule has 2 heterocycles. The van der Waals surface area contributed by atoms with Gasteiger partial charge < -0.3 is 15.0 Å². The van der Waals surface area contributed by atoms with Crippen LogP contribution in [0.15, 0.2) is 54.2 Å². The number of nitrogens with one attached hydrogen (secondary N) is 2. The Morgan fingerprint density at radius 3 is 2.31 bits per heavy atom. The van der Waals surface area contributed by atoms with Crippen molar-refractivity contribution >= 4 is 35.0 Å². The maximum Gasteiger partial charge on any atom is 0.573 e. The fraction of sp³-hybridized carbons (Fsp3) is 0.296. The molecule has 3 aliphatic rings. The van der Waals surface area contributed by atoms with Crippen molar-refractivity contribution in [3.8, 4) is 5.75 Å². The first-order valence-corrected chi connectivity index (χ1v) is 12.2. The van der Waals surface area contributed by atoms with Gasteiger partial charge in [-0.05, 0) is 42.2 Å². The van der Waals surface area contributed by atoms with Crippen LogP contribution in [0.4, 0.5) is 18.9 Å². The number of nitrogens with zero attached hydrogens (tertiary/aromatic N) is 1. The first-order valence-electron chi connectivity index (χ1n) is 12.2. The molecule has 0 spiro atoms. The highest BCUT2D eigenvalue weighted by molar-refractivity contribution is 6.22. The van der Waals surface area contributed by atoms with Gasteiger partial charge in [0.05, 0.1) is 5.57 Å². The molecule has 5 rings (SSSR count). The number of Topliss-reactive ketones (excluding diaryl/α,β-unsaturated/α-hetero) is 2. The van der Waals surface area contributed by atoms with E-state index in [1.165, 1.54) is 23.2 Å². The van der Waals surface area contributed by atoms with Crippen LogP contribution in [0.5, 0.6) is 5.75 Å². The molecule has 2 aromatic rings. The van der Waals surface area contributed by atoms with Crippen LogP contribution in [0.25, 0.3) is 0 Å². The Morgan fingerprint density at radius 1 is 0.974 bits per heavy atom. The Morgan fingerprint density at radius 2 is 1.67 bits per heavy atom. The number of allylic oxidation sites excluding steroid dienone is 1. The maximum atomic E-state index is 13.0. The number of anilines is 1. The Kier molecular flexibility index (Phi) is 6.71. The fourth-order valence-electron chi connectivity index (χ4n) is 5.10. The standard InChI is InChI=1S/C27H22F3N3O6/c28-27(29,30)39-16-6-4-14(5-7-16)15-10-22(34)18(23(35)11-15)12-31-20-3-1-2-17-19(20)13-33(26(17)38)21-8-9-24(36)32-25(21)37/h1-7,12,15,21,31H,8-11,13H2,(H,32,36,37). The first-order chi connectivity index (χ1) is 18.5. The molecule has 12 heteroatoms. The van der Waals surface area contributed by atoms with Gasteiger partial charge in [0.15, 0.2) is 11.6 Å². The number of piperidine rings is 1. The zero-order valence-electron chi connectivity index (χ0n) is 20.3. The van der Waals surface area contributed by atoms with Gasteiger partial charge in [0.25, 0.3) is 5.91 Å². The van der Waals surface area contributed by atoms with E-state index in [2.05, 4.69) is 15.4 Å². The van der Waals surface area contributed by atoms with Gasteiger partial charge in [0.1, 0.15) is 11.8 Å². The van der Waals surface area contributed by atoms with Gasteiger partial charge >= 0.3 is 6.36 Å². The highest BCUT2D eigenvalue weighted by Gasteiger charge is 2.40. The van der Waals surface area contributed by atoms with Crippen LogP contribution < -0.4 is 15.4 Å². The number of ether oxygens (including phenoxy) is 1. The van der Waals surface area contributed by atoms with E-state index in [1.807, 2.05) is 0 Å². The topological polar surface area (TPSA) is 122 Å². The van der Waals surface area contributed by atoms with E-state index < -0.39 is 41.5 Å². The summed E-state index contributed by atoms with van der Waals surface area (Å²) in [5, 5.41) is 5.21. The highest BCUT2D eigenvalue weighted by Crippen LogP contribution is 2.35. The number of rotatable bonds is 5. The largest absolute Gasteiger partial charge is 0.573 e. The first kappa shape index (κ1) is 26.1. The lowest BCUT2D eigenvalue weighted by atomic mass is 9.80. The molecule has 0 radical (unpaired) electrons. The molecule has 202 valence electrons. The second kappa shape index (κ2) is 10.0. The lowest BCUT2D eigenvalue weighted by Crippen LogP contribution is -2.52. The minimum absolute atomic E-state index is 0.00655. The van der Waals surface area contributed by atoms with Gasteiger partial charge in [-0.2, -0.15) is 0 Å². The van der Waals surface area contributed by atoms with Crippen molar-refractivity contribution in [1.82, 2.24) is 10.2 Å². The van der Waals surface area contributed by atoms with Crippen molar-refractivity contribution in [1.29, 1.82) is 0 Å². The third-order valence-electron chi connectivity index (χ3n) is 7.00. The Balaban J connectivity index is 1.28. The van der Waals surface area contributed by atoms with E-state index in [9.17, 15) is 37.1 Å². The van der Waals surface area contributed by atoms with Gasteiger partial charge in [-0.25, -0.2) is 0 Å². The van der Waals surface area contributed by atoms with Gasteiger partial charge in [-0.1, -0.05) is 18.2 Å². The molecule has 9 nitrogen and oxygen atoms in total. The van der Waals surface area contributed by atoms with Crippen LogP contribution in [0.3, 0.4) is 0 Å². The summed E-state index contributed by atoms with van der Waals surface area (Å²) in [5.41, 5.74) is 1.96. The lowest BCUT2D eigenvalue weighted by Gasteiger charge is -2.29. The van der Waals surface area contributed by atoms with E-state index in [0.29, 0.717) is 22.4 Å². The number of hydrogen-bond acceptors (Lipinski definition) is 7. The Bertz CT molecular complexity index is 1400. The fourth-order valence-corrected chi connectivity index (χ4v) is 5.10. The summed E-state index contributed by atoms with van der Waals surface area (Å²) in [4.78, 5) is 63.8. The van der Waals surface area contributed by atoms with Crippen molar-refractivity contribution in [3.05, 3.63) is 70.9 Å². The monoisotopic (exact) mass is 541 g/mol. The average molecular weight is 541 g/mol. The van der Waals surface area contributed by atoms with Crippen LogP contribution in [0.1, 0.15) is 53.1 Å². The summed E-state index contributed by atoms with van der Waals surface area (Å²) in [7, 11) is 0. The number of hydrogen-bond donors (Lipinski definition) is 2. The molecule has 0 bridgehead atoms. The lowest BCUT2D eigenvalue weighted by molar-refractivity contribution is -0.274. The molecule has 1 unspecified atom stereocenters. The predicted molar refractivity (Wildman–Crippen MR) is 129 cm³/mol. The molecular formula is C27H22F3N3O6. The highest BCUT2D eigenvalue weighted by atomic mass is 19.4. The summed E-state index contributed by atoms with van der Waals surface area (Å²) in [5.74, 6) is -2.99. The SMILES string of the molecule is O=C1CCC(N2Cc3c(NC=C4C(=O)CC(c5ccc(OC(F)(F)F)cc5)CC4=O)cccc3C2=O)C(=O)N1. The summed E-state index contributed by atoms with van der Waals surface area (Å²) in [6, 6.07) is 9.24. The zero-order chi connectivity index (χ0) is 27.9. The minimum atomic E-state index is -4.82. The van der Waals surface area contributed by atoms with Crippen molar-refractivity contribution in [3.63, 3.8) is 0 Å². The second-order valence-corrected chi connectivity index (χ2v) is 9.50. The number of ketones is 2. The van der Waals surface area contributed by atoms with E-state index in [1.54, 1.807) is 18.2 Å². The number of imide groups is 1. The number of benzene rings is 2. The van der Waals surface area contributed by atoms with Crippen LogP contribution in [-0.2, 0) is 25.7 Å². The van der Waals surface area contributed by atoms with Gasteiger partial charge in [0.2, 0.25) is 11.8 Å². The van der Waals surface area contributed by atoms with Crippen molar-refractivity contribution < 1.29 is 41.9 Å². The molecular weight excluding hydrogens is 519 g/mol. The van der Waals surface area contributed by atoms with Crippen LogP contribution in [-0.4, -0.2) is 46.6 Å². The maximum absolute atomic E-state index is 13.0. The van der Waals surface area contributed by atoms with E-state index >= 15 is 0 Å². The molecule has 1 aliphatic carbocycles. The quantitative estimate of drug-likeness (QED) is 0.338. The third kappa shape index (κ3) is 5.40. The molecule has 39 heavy (non-hydrogen) atoms. The molecule has 1 saturated heterocycles. The van der Waals surface area contributed by atoms with Gasteiger partial charge in [-0.15, -0.1) is 13.2 Å². The number of fused-ring (bicyclic) bond motifs is 1. The van der Waals surface area contributed by atoms with E-state index in [4.69, 9.17) is 0 Å². The van der Waals surface area contributed by atoms with Crippen LogP contribution in [0.2, 0.25) is 0 Å². The molecule has 2 aliphatic heterocycles. The van der Waals surface area contributed by atoms with Gasteiger partial charge in [-0.3, -0.25) is 29.3 Å². The molecule has 2 aromatic carbocycles. The number of halogens is 3. The smallest absolute Gasteiger partial charge is 0.406 e. The summed E-state index contributed by atoms with van der Waals surface area (Å²) < 4.78 is 41.0. The van der Waals surface area contributed by atoms with Gasteiger partial charge in [0, 0.05) is 48.8 Å². The van der Waals surface area contributed by atoms with Crippen LogP contribution in [0, 0.1) is 0 Å². The number of carbonyl (C=O) groups is 5. The number of carbonyl (C=O) groups excluding carboxylic acids is 5. The molecule has 1 saturated carbocycles. The predicted octanol–water partition coefficient (Wildman–Crippen LogP) is 3.36. The number of amides is 3. The zero-order valence-corrected chi connectivity index (χ0v) is 20.3. The molecule has 3 amide bonds. The molecule has 2 N–H and O–H groups in total. The third-order valence-corrected chi connectivity index (χ3v) is 7.00. The average Bonchev–Trinajstić information content (AvgIpc) is 3.20. The van der Waals surface area contributed by atoms with Crippen molar-refractivity contribution in [2.45, 2.75) is 50.6 Å². The molecule has 0 aromatic heterocycles. The Hall–Kier alpha value is -4.48. The van der Waals surface area contributed by atoms with E-state index in [-0.39, 0.29) is 49.6 Å². The summed E-state index contributed by atoms with van der Waals surface area (Å²) in [6.45, 7) is 0.116.